The number of piperazine rings is 1. The van der Waals surface area contributed by atoms with Crippen LogP contribution in [0.5, 0.6) is 0 Å². The summed E-state index contributed by atoms with van der Waals surface area (Å²) in [4.78, 5) is 12.8. The number of carbonyl (C=O) groups excluding carboxylic acids is 1. The molecule has 31 heavy (non-hydrogen) atoms. The van der Waals surface area contributed by atoms with Crippen LogP contribution in [0.3, 0.4) is 0 Å². The zero-order valence-electron chi connectivity index (χ0n) is 16.4. The number of hydrogen-bond acceptors (Lipinski definition) is 4. The number of nitrogens with one attached hydrogen (secondary N) is 1. The van der Waals surface area contributed by atoms with E-state index < -0.39 is 44.4 Å². The van der Waals surface area contributed by atoms with Gasteiger partial charge >= 0.3 is 12.4 Å². The summed E-state index contributed by atoms with van der Waals surface area (Å²) >= 11 is 0. The highest BCUT2D eigenvalue weighted by atomic mass is 32.2. The second-order valence-corrected chi connectivity index (χ2v) is 9.58. The summed E-state index contributed by atoms with van der Waals surface area (Å²) in [5.41, 5.74) is -3.38. The van der Waals surface area contributed by atoms with Crippen LogP contribution in [0.1, 0.15) is 30.9 Å². The summed E-state index contributed by atoms with van der Waals surface area (Å²) < 4.78 is 105. The SMILES string of the molecule is CC(C(=O)NC1CC1)N1CCN(S(=O)(=O)c2cc(C(F)(F)F)cc(C(F)(F)F)c2)CC1. The van der Waals surface area contributed by atoms with Crippen molar-refractivity contribution in [2.24, 2.45) is 0 Å². The molecule has 0 spiro atoms. The summed E-state index contributed by atoms with van der Waals surface area (Å²) in [6, 6.07) is -0.0706. The van der Waals surface area contributed by atoms with E-state index in [1.165, 1.54) is 0 Å². The lowest BCUT2D eigenvalue weighted by molar-refractivity contribution is -0.143. The summed E-state index contributed by atoms with van der Waals surface area (Å²) in [7, 11) is -4.60. The highest BCUT2D eigenvalue weighted by Gasteiger charge is 2.40. The van der Waals surface area contributed by atoms with E-state index in [1.807, 2.05) is 0 Å². The minimum absolute atomic E-state index is 0.114. The van der Waals surface area contributed by atoms with E-state index >= 15 is 0 Å². The average molecular weight is 473 g/mol. The molecular formula is C18H21F6N3O3S. The predicted octanol–water partition coefficient (Wildman–Crippen LogP) is 2.70. The van der Waals surface area contributed by atoms with E-state index in [-0.39, 0.29) is 56.3 Å². The lowest BCUT2D eigenvalue weighted by Crippen LogP contribution is -2.55. The number of carbonyl (C=O) groups is 1. The molecule has 1 aliphatic carbocycles. The normalized spacial score (nSPS) is 20.5. The van der Waals surface area contributed by atoms with Gasteiger partial charge in [0, 0.05) is 32.2 Å². The highest BCUT2D eigenvalue weighted by Crippen LogP contribution is 2.37. The van der Waals surface area contributed by atoms with E-state index in [4.69, 9.17) is 0 Å². The van der Waals surface area contributed by atoms with Crippen LogP contribution in [0.25, 0.3) is 0 Å². The van der Waals surface area contributed by atoms with Crippen LogP contribution in [0.4, 0.5) is 26.3 Å². The minimum Gasteiger partial charge on any atom is -0.352 e. The zero-order chi connectivity index (χ0) is 23.2. The molecule has 1 aliphatic heterocycles. The fourth-order valence-corrected chi connectivity index (χ4v) is 4.76. The highest BCUT2D eigenvalue weighted by molar-refractivity contribution is 7.89. The van der Waals surface area contributed by atoms with Crippen LogP contribution in [0, 0.1) is 0 Å². The first-order valence-corrected chi connectivity index (χ1v) is 11.0. The average Bonchev–Trinajstić information content (AvgIpc) is 3.49. The van der Waals surface area contributed by atoms with E-state index in [0.29, 0.717) is 0 Å². The lowest BCUT2D eigenvalue weighted by Gasteiger charge is -2.36. The molecule has 13 heteroatoms. The van der Waals surface area contributed by atoms with Crippen molar-refractivity contribution in [1.82, 2.24) is 14.5 Å². The summed E-state index contributed by atoms with van der Waals surface area (Å²) in [6.45, 7) is 1.55. The number of rotatable bonds is 5. The third-order valence-corrected chi connectivity index (χ3v) is 7.20. The Balaban J connectivity index is 1.78. The third kappa shape index (κ3) is 5.50. The molecule has 1 saturated heterocycles. The molecule has 0 aromatic heterocycles. The van der Waals surface area contributed by atoms with Gasteiger partial charge in [0.05, 0.1) is 22.1 Å². The first kappa shape index (κ1) is 23.8. The maximum absolute atomic E-state index is 13.1. The van der Waals surface area contributed by atoms with E-state index in [9.17, 15) is 39.6 Å². The Labute approximate surface area is 175 Å². The molecular weight excluding hydrogens is 452 g/mol. The van der Waals surface area contributed by atoms with Crippen LogP contribution in [-0.4, -0.2) is 61.8 Å². The van der Waals surface area contributed by atoms with Crippen LogP contribution < -0.4 is 5.32 Å². The van der Waals surface area contributed by atoms with Gasteiger partial charge in [-0.2, -0.15) is 30.6 Å². The molecule has 2 fully saturated rings. The Morgan fingerprint density at radius 1 is 0.968 bits per heavy atom. The van der Waals surface area contributed by atoms with E-state index in [1.54, 1.807) is 11.8 Å². The number of halogens is 6. The fraction of sp³-hybridized carbons (Fsp3) is 0.611. The van der Waals surface area contributed by atoms with Gasteiger partial charge in [0.2, 0.25) is 15.9 Å². The number of nitrogens with zero attached hydrogens (tertiary/aromatic N) is 2. The summed E-state index contributed by atoms with van der Waals surface area (Å²) in [5, 5.41) is 2.83. The van der Waals surface area contributed by atoms with E-state index in [2.05, 4.69) is 5.32 Å². The number of hydrogen-bond donors (Lipinski definition) is 1. The molecule has 1 unspecified atom stereocenters. The van der Waals surface area contributed by atoms with Crippen molar-refractivity contribution in [1.29, 1.82) is 0 Å². The first-order chi connectivity index (χ1) is 14.2. The van der Waals surface area contributed by atoms with Gasteiger partial charge in [-0.25, -0.2) is 8.42 Å². The number of benzene rings is 1. The molecule has 1 atom stereocenters. The molecule has 1 aromatic rings. The Hall–Kier alpha value is -1.86. The van der Waals surface area contributed by atoms with Crippen molar-refractivity contribution in [3.63, 3.8) is 0 Å². The van der Waals surface area contributed by atoms with Crippen LogP contribution in [0.2, 0.25) is 0 Å². The number of amides is 1. The Morgan fingerprint density at radius 2 is 1.45 bits per heavy atom. The second-order valence-electron chi connectivity index (χ2n) is 7.64. The Bertz CT molecular complexity index is 904. The van der Waals surface area contributed by atoms with Gasteiger partial charge in [-0.1, -0.05) is 0 Å². The molecule has 0 bridgehead atoms. The van der Waals surface area contributed by atoms with Crippen molar-refractivity contribution in [3.05, 3.63) is 29.3 Å². The molecule has 0 radical (unpaired) electrons. The van der Waals surface area contributed by atoms with Gasteiger partial charge in [0.15, 0.2) is 0 Å². The fourth-order valence-electron chi connectivity index (χ4n) is 3.27. The maximum Gasteiger partial charge on any atom is 0.416 e. The first-order valence-electron chi connectivity index (χ1n) is 9.53. The molecule has 174 valence electrons. The largest absolute Gasteiger partial charge is 0.416 e. The third-order valence-electron chi connectivity index (χ3n) is 5.32. The van der Waals surface area contributed by atoms with Crippen molar-refractivity contribution >= 4 is 15.9 Å². The van der Waals surface area contributed by atoms with Gasteiger partial charge < -0.3 is 5.32 Å². The molecule has 1 aromatic carbocycles. The molecule has 6 nitrogen and oxygen atoms in total. The van der Waals surface area contributed by atoms with Gasteiger partial charge in [-0.05, 0) is 38.0 Å². The van der Waals surface area contributed by atoms with Gasteiger partial charge in [-0.3, -0.25) is 9.69 Å². The van der Waals surface area contributed by atoms with Crippen molar-refractivity contribution in [3.8, 4) is 0 Å². The molecule has 1 heterocycles. The van der Waals surface area contributed by atoms with Gasteiger partial charge in [0.25, 0.3) is 0 Å². The monoisotopic (exact) mass is 473 g/mol. The number of alkyl halides is 6. The van der Waals surface area contributed by atoms with Crippen LogP contribution in [0.15, 0.2) is 23.1 Å². The molecule has 1 N–H and O–H groups in total. The van der Waals surface area contributed by atoms with Crippen LogP contribution in [-0.2, 0) is 27.2 Å². The predicted molar refractivity (Wildman–Crippen MR) is 97.4 cm³/mol. The Kier molecular flexibility index (Phi) is 6.33. The van der Waals surface area contributed by atoms with Crippen LogP contribution >= 0.6 is 0 Å². The van der Waals surface area contributed by atoms with Crippen molar-refractivity contribution in [2.45, 2.75) is 49.1 Å². The molecule has 3 rings (SSSR count). The smallest absolute Gasteiger partial charge is 0.352 e. The molecule has 1 saturated carbocycles. The summed E-state index contributed by atoms with van der Waals surface area (Å²) in [5.74, 6) is -0.202. The molecule has 2 aliphatic rings. The topological polar surface area (TPSA) is 69.7 Å². The second kappa shape index (κ2) is 8.24. The quantitative estimate of drug-likeness (QED) is 0.668. The lowest BCUT2D eigenvalue weighted by atomic mass is 10.1. The maximum atomic E-state index is 13.1. The summed E-state index contributed by atoms with van der Waals surface area (Å²) in [6.07, 6.45) is -8.48. The van der Waals surface area contributed by atoms with Gasteiger partial charge in [0.1, 0.15) is 0 Å². The molecule has 1 amide bonds. The van der Waals surface area contributed by atoms with Crippen molar-refractivity contribution in [2.75, 3.05) is 26.2 Å². The Morgan fingerprint density at radius 3 is 1.87 bits per heavy atom. The number of sulfonamides is 1. The minimum atomic E-state index is -5.14. The van der Waals surface area contributed by atoms with Gasteiger partial charge in [-0.15, -0.1) is 0 Å². The van der Waals surface area contributed by atoms with Crippen molar-refractivity contribution < 1.29 is 39.6 Å². The zero-order valence-corrected chi connectivity index (χ0v) is 17.2. The standard InChI is InChI=1S/C18H21F6N3O3S/c1-11(16(28)25-14-2-3-14)26-4-6-27(7-5-26)31(29,30)15-9-12(17(19,20)21)8-13(10-15)18(22,23)24/h8-11,14H,2-7H2,1H3,(H,25,28). The van der Waals surface area contributed by atoms with E-state index in [0.717, 1.165) is 17.1 Å².